The number of ether oxygens (including phenoxy) is 1. The molecule has 1 fully saturated rings. The number of rotatable bonds is 5. The summed E-state index contributed by atoms with van der Waals surface area (Å²) in [6, 6.07) is 0. The number of hydrogen-bond donors (Lipinski definition) is 1. The van der Waals surface area contributed by atoms with Crippen LogP contribution in [-0.4, -0.2) is 58.8 Å². The van der Waals surface area contributed by atoms with Gasteiger partial charge in [-0.15, -0.1) is 5.10 Å². The van der Waals surface area contributed by atoms with E-state index >= 15 is 0 Å². The maximum atomic E-state index is 5.70. The number of hydrogen-bond acceptors (Lipinski definition) is 5. The quantitative estimate of drug-likeness (QED) is 0.807. The minimum atomic E-state index is -0.0299. The Kier molecular flexibility index (Phi) is 4.31. The smallest absolute Gasteiger partial charge is 0.0964 e. The molecule has 0 aliphatic carbocycles. The second kappa shape index (κ2) is 5.77. The molecule has 0 radical (unpaired) electrons. The molecule has 18 heavy (non-hydrogen) atoms. The molecule has 0 amide bonds. The largest absolute Gasteiger partial charge is 0.373 e. The molecule has 6 nitrogen and oxygen atoms in total. The lowest BCUT2D eigenvalue weighted by molar-refractivity contribution is -0.0866. The van der Waals surface area contributed by atoms with Crippen molar-refractivity contribution < 1.29 is 4.74 Å². The van der Waals surface area contributed by atoms with Crippen LogP contribution in [0.3, 0.4) is 0 Å². The zero-order valence-electron chi connectivity index (χ0n) is 11.5. The minimum Gasteiger partial charge on any atom is -0.373 e. The van der Waals surface area contributed by atoms with Crippen LogP contribution >= 0.6 is 0 Å². The van der Waals surface area contributed by atoms with Gasteiger partial charge in [-0.1, -0.05) is 5.21 Å². The summed E-state index contributed by atoms with van der Waals surface area (Å²) in [6.45, 7) is 9.72. The predicted molar refractivity (Wildman–Crippen MR) is 69.3 cm³/mol. The first-order valence-electron chi connectivity index (χ1n) is 6.49. The minimum absolute atomic E-state index is 0.0299. The van der Waals surface area contributed by atoms with Crippen LogP contribution in [0.2, 0.25) is 0 Å². The van der Waals surface area contributed by atoms with Crippen LogP contribution < -0.4 is 5.32 Å². The van der Waals surface area contributed by atoms with Crippen LogP contribution in [-0.2, 0) is 17.8 Å². The third-order valence-electron chi connectivity index (χ3n) is 3.09. The summed E-state index contributed by atoms with van der Waals surface area (Å²) in [6.07, 6.45) is 2.00. The number of aromatic nitrogens is 3. The van der Waals surface area contributed by atoms with Gasteiger partial charge < -0.3 is 10.1 Å². The topological polar surface area (TPSA) is 55.2 Å². The van der Waals surface area contributed by atoms with Gasteiger partial charge >= 0.3 is 0 Å². The predicted octanol–water partition coefficient (Wildman–Crippen LogP) is 0.108. The van der Waals surface area contributed by atoms with Crippen molar-refractivity contribution in [3.63, 3.8) is 0 Å². The molecule has 1 aliphatic heterocycles. The fourth-order valence-electron chi connectivity index (χ4n) is 2.26. The Morgan fingerprint density at radius 1 is 1.44 bits per heavy atom. The van der Waals surface area contributed by atoms with Crippen molar-refractivity contribution in [3.8, 4) is 0 Å². The lowest BCUT2D eigenvalue weighted by Crippen LogP contribution is -2.49. The molecule has 102 valence electrons. The Labute approximate surface area is 108 Å². The standard InChI is InChI=1S/C12H23N5O/c1-12(2)10-16(6-7-18-12)4-5-17-9-11(8-13-3)14-15-17/h9,13H,4-8,10H2,1-3H3. The Hall–Kier alpha value is -0.980. The van der Waals surface area contributed by atoms with Gasteiger partial charge in [0.15, 0.2) is 0 Å². The van der Waals surface area contributed by atoms with Gasteiger partial charge in [0.1, 0.15) is 0 Å². The molecule has 0 bridgehead atoms. The molecule has 0 atom stereocenters. The fourth-order valence-corrected chi connectivity index (χ4v) is 2.26. The van der Waals surface area contributed by atoms with E-state index < -0.39 is 0 Å². The Bertz CT molecular complexity index is 376. The lowest BCUT2D eigenvalue weighted by Gasteiger charge is -2.38. The molecule has 1 N–H and O–H groups in total. The van der Waals surface area contributed by atoms with Gasteiger partial charge in [0.25, 0.3) is 0 Å². The summed E-state index contributed by atoms with van der Waals surface area (Å²) in [7, 11) is 1.91. The van der Waals surface area contributed by atoms with Crippen molar-refractivity contribution >= 4 is 0 Å². The van der Waals surface area contributed by atoms with Crippen LogP contribution in [0.25, 0.3) is 0 Å². The van der Waals surface area contributed by atoms with Crippen LogP contribution in [0.5, 0.6) is 0 Å². The zero-order chi connectivity index (χ0) is 13.0. The van der Waals surface area contributed by atoms with E-state index in [2.05, 4.69) is 34.4 Å². The molecular weight excluding hydrogens is 230 g/mol. The van der Waals surface area contributed by atoms with E-state index in [0.29, 0.717) is 0 Å². The van der Waals surface area contributed by atoms with E-state index in [9.17, 15) is 0 Å². The van der Waals surface area contributed by atoms with Gasteiger partial charge in [0.05, 0.1) is 24.4 Å². The monoisotopic (exact) mass is 253 g/mol. The van der Waals surface area contributed by atoms with E-state index in [0.717, 1.165) is 45.0 Å². The van der Waals surface area contributed by atoms with Gasteiger partial charge in [-0.3, -0.25) is 9.58 Å². The molecule has 0 unspecified atom stereocenters. The van der Waals surface area contributed by atoms with Crippen molar-refractivity contribution in [3.05, 3.63) is 11.9 Å². The average Bonchev–Trinajstić information content (AvgIpc) is 2.74. The summed E-state index contributed by atoms with van der Waals surface area (Å²) in [5.74, 6) is 0. The molecule has 0 saturated carbocycles. The maximum Gasteiger partial charge on any atom is 0.0964 e. The molecule has 1 saturated heterocycles. The number of nitrogens with one attached hydrogen (secondary N) is 1. The van der Waals surface area contributed by atoms with E-state index in [1.54, 1.807) is 0 Å². The molecule has 2 heterocycles. The highest BCUT2D eigenvalue weighted by Gasteiger charge is 2.26. The van der Waals surface area contributed by atoms with Crippen LogP contribution in [0.1, 0.15) is 19.5 Å². The summed E-state index contributed by atoms with van der Waals surface area (Å²) >= 11 is 0. The van der Waals surface area contributed by atoms with Gasteiger partial charge in [0.2, 0.25) is 0 Å². The molecular formula is C12H23N5O. The number of morpholine rings is 1. The number of nitrogens with zero attached hydrogens (tertiary/aromatic N) is 4. The summed E-state index contributed by atoms with van der Waals surface area (Å²) in [4.78, 5) is 2.42. The molecule has 1 aliphatic rings. The second-order valence-corrected chi connectivity index (χ2v) is 5.39. The van der Waals surface area contributed by atoms with E-state index in [1.807, 2.05) is 17.9 Å². The third-order valence-corrected chi connectivity index (χ3v) is 3.09. The lowest BCUT2D eigenvalue weighted by atomic mass is 10.1. The van der Waals surface area contributed by atoms with E-state index in [-0.39, 0.29) is 5.60 Å². The first kappa shape index (κ1) is 13.5. The van der Waals surface area contributed by atoms with Gasteiger partial charge in [-0.05, 0) is 20.9 Å². The van der Waals surface area contributed by atoms with Crippen molar-refractivity contribution in [1.29, 1.82) is 0 Å². The van der Waals surface area contributed by atoms with Crippen molar-refractivity contribution in [2.24, 2.45) is 0 Å². The Morgan fingerprint density at radius 2 is 2.28 bits per heavy atom. The Balaban J connectivity index is 1.79. The Morgan fingerprint density at radius 3 is 3.00 bits per heavy atom. The molecule has 1 aromatic rings. The molecule has 6 heteroatoms. The summed E-state index contributed by atoms with van der Waals surface area (Å²) in [5.41, 5.74) is 0.956. The van der Waals surface area contributed by atoms with E-state index in [1.165, 1.54) is 0 Å². The summed E-state index contributed by atoms with van der Waals surface area (Å²) in [5, 5.41) is 11.3. The molecule has 0 spiro atoms. The van der Waals surface area contributed by atoms with Gasteiger partial charge in [0, 0.05) is 32.4 Å². The molecule has 0 aromatic carbocycles. The van der Waals surface area contributed by atoms with Gasteiger partial charge in [-0.25, -0.2) is 0 Å². The van der Waals surface area contributed by atoms with Crippen LogP contribution in [0.15, 0.2) is 6.20 Å². The normalized spacial score (nSPS) is 20.2. The third kappa shape index (κ3) is 3.76. The second-order valence-electron chi connectivity index (χ2n) is 5.39. The zero-order valence-corrected chi connectivity index (χ0v) is 11.5. The highest BCUT2D eigenvalue weighted by atomic mass is 16.5. The fraction of sp³-hybridized carbons (Fsp3) is 0.833. The van der Waals surface area contributed by atoms with E-state index in [4.69, 9.17) is 4.74 Å². The first-order chi connectivity index (χ1) is 8.59. The van der Waals surface area contributed by atoms with Crippen LogP contribution in [0, 0.1) is 0 Å². The van der Waals surface area contributed by atoms with Crippen LogP contribution in [0.4, 0.5) is 0 Å². The van der Waals surface area contributed by atoms with Crippen molar-refractivity contribution in [2.75, 3.05) is 33.3 Å². The first-order valence-corrected chi connectivity index (χ1v) is 6.49. The average molecular weight is 253 g/mol. The summed E-state index contributed by atoms with van der Waals surface area (Å²) < 4.78 is 7.61. The molecule has 2 rings (SSSR count). The molecule has 1 aromatic heterocycles. The SMILES string of the molecule is CNCc1cn(CCN2CCOC(C)(C)C2)nn1. The van der Waals surface area contributed by atoms with Gasteiger partial charge in [-0.2, -0.15) is 0 Å². The van der Waals surface area contributed by atoms with Crippen molar-refractivity contribution in [1.82, 2.24) is 25.2 Å². The highest BCUT2D eigenvalue weighted by Crippen LogP contribution is 2.15. The maximum absolute atomic E-state index is 5.70. The highest BCUT2D eigenvalue weighted by molar-refractivity contribution is 4.91. The van der Waals surface area contributed by atoms with Crippen molar-refractivity contribution in [2.45, 2.75) is 32.5 Å².